The van der Waals surface area contributed by atoms with Crippen LogP contribution in [0.5, 0.6) is 0 Å². The molecule has 0 radical (unpaired) electrons. The van der Waals surface area contributed by atoms with Gasteiger partial charge >= 0.3 is 6.03 Å². The van der Waals surface area contributed by atoms with E-state index in [0.717, 1.165) is 30.7 Å². The molecule has 114 valence electrons. The first kappa shape index (κ1) is 14.2. The van der Waals surface area contributed by atoms with E-state index in [9.17, 15) is 4.79 Å². The average Bonchev–Trinajstić information content (AvgIpc) is 2.99. The maximum absolute atomic E-state index is 12.5. The molecule has 1 fully saturated rings. The quantitative estimate of drug-likeness (QED) is 0.848. The molecule has 2 aliphatic rings. The van der Waals surface area contributed by atoms with Crippen LogP contribution >= 0.6 is 0 Å². The third-order valence-electron chi connectivity index (χ3n) is 4.94. The van der Waals surface area contributed by atoms with E-state index < -0.39 is 0 Å². The highest BCUT2D eigenvalue weighted by atomic mass is 16.5. The van der Waals surface area contributed by atoms with Gasteiger partial charge < -0.3 is 9.42 Å². The average molecular weight is 289 g/mol. The molecule has 1 saturated heterocycles. The predicted molar refractivity (Wildman–Crippen MR) is 81.1 cm³/mol. The van der Waals surface area contributed by atoms with Crippen LogP contribution < -0.4 is 5.32 Å². The number of rotatable bonds is 2. The molecule has 1 spiro atoms. The van der Waals surface area contributed by atoms with E-state index in [4.69, 9.17) is 4.52 Å². The number of hydrogen-bond acceptors (Lipinski definition) is 3. The van der Waals surface area contributed by atoms with Crippen molar-refractivity contribution in [3.8, 4) is 0 Å². The third-order valence-corrected chi connectivity index (χ3v) is 4.94. The van der Waals surface area contributed by atoms with Crippen LogP contribution in [-0.4, -0.2) is 28.7 Å². The molecular weight excluding hydrogens is 266 g/mol. The Morgan fingerprint density at radius 2 is 2.10 bits per heavy atom. The van der Waals surface area contributed by atoms with Gasteiger partial charge in [-0.1, -0.05) is 31.2 Å². The maximum Gasteiger partial charge on any atom is 0.323 e. The van der Waals surface area contributed by atoms with Gasteiger partial charge in [-0.05, 0) is 32.6 Å². The number of likely N-dealkylation sites (tertiary alicyclic amines) is 1. The monoisotopic (exact) mass is 289 g/mol. The summed E-state index contributed by atoms with van der Waals surface area (Å²) < 4.78 is 5.10. The second-order valence-corrected chi connectivity index (χ2v) is 6.70. The highest BCUT2D eigenvalue weighted by Crippen LogP contribution is 2.50. The fourth-order valence-corrected chi connectivity index (χ4v) is 3.81. The smallest absolute Gasteiger partial charge is 0.323 e. The normalized spacial score (nSPS) is 22.9. The van der Waals surface area contributed by atoms with E-state index >= 15 is 0 Å². The van der Waals surface area contributed by atoms with Gasteiger partial charge in [-0.15, -0.1) is 0 Å². The van der Waals surface area contributed by atoms with Crippen molar-refractivity contribution in [1.29, 1.82) is 0 Å². The molecule has 1 N–H and O–H groups in total. The number of aromatic nitrogens is 1. The van der Waals surface area contributed by atoms with Crippen molar-refractivity contribution in [3.05, 3.63) is 23.5 Å². The Hall–Kier alpha value is -1.78. The molecule has 1 aromatic heterocycles. The van der Waals surface area contributed by atoms with Gasteiger partial charge in [-0.25, -0.2) is 4.79 Å². The van der Waals surface area contributed by atoms with Crippen LogP contribution in [0.3, 0.4) is 0 Å². The van der Waals surface area contributed by atoms with Crippen LogP contribution in [0.25, 0.3) is 0 Å². The lowest BCUT2D eigenvalue weighted by Crippen LogP contribution is -2.68. The molecule has 1 aliphatic heterocycles. The zero-order valence-electron chi connectivity index (χ0n) is 13.1. The minimum absolute atomic E-state index is 0.0670. The Morgan fingerprint density at radius 1 is 1.43 bits per heavy atom. The van der Waals surface area contributed by atoms with Gasteiger partial charge in [0, 0.05) is 23.6 Å². The number of amides is 2. The van der Waals surface area contributed by atoms with E-state index in [1.165, 1.54) is 0 Å². The Bertz CT molecular complexity index is 580. The molecule has 1 unspecified atom stereocenters. The van der Waals surface area contributed by atoms with E-state index in [2.05, 4.69) is 36.5 Å². The number of allylic oxidation sites excluding steroid dienone is 2. The zero-order valence-corrected chi connectivity index (χ0v) is 13.1. The van der Waals surface area contributed by atoms with Gasteiger partial charge in [0.2, 0.25) is 0 Å². The number of nitrogens with one attached hydrogen (secondary N) is 1. The molecule has 2 heterocycles. The largest absolute Gasteiger partial charge is 0.359 e. The molecule has 0 saturated carbocycles. The van der Waals surface area contributed by atoms with Crippen molar-refractivity contribution in [2.24, 2.45) is 11.3 Å². The third kappa shape index (κ3) is 2.15. The lowest BCUT2D eigenvalue weighted by atomic mass is 9.65. The fraction of sp³-hybridized carbons (Fsp3) is 0.625. The van der Waals surface area contributed by atoms with Crippen LogP contribution in [0, 0.1) is 25.2 Å². The van der Waals surface area contributed by atoms with Crippen molar-refractivity contribution in [3.63, 3.8) is 0 Å². The van der Waals surface area contributed by atoms with Crippen molar-refractivity contribution in [2.45, 2.75) is 46.6 Å². The van der Waals surface area contributed by atoms with Crippen LogP contribution in [0.2, 0.25) is 0 Å². The summed E-state index contributed by atoms with van der Waals surface area (Å²) in [4.78, 5) is 14.5. The number of urea groups is 1. The van der Waals surface area contributed by atoms with Crippen molar-refractivity contribution in [2.75, 3.05) is 11.9 Å². The summed E-state index contributed by atoms with van der Waals surface area (Å²) in [6.45, 7) is 8.95. The highest BCUT2D eigenvalue weighted by Gasteiger charge is 2.55. The van der Waals surface area contributed by atoms with Gasteiger partial charge in [-0.3, -0.25) is 5.32 Å². The molecule has 2 amide bonds. The molecule has 0 aromatic carbocycles. The molecular formula is C16H23N3O2. The number of nitrogens with zero attached hydrogens (tertiary/aromatic N) is 2. The zero-order chi connectivity index (χ0) is 15.2. The molecule has 0 bridgehead atoms. The molecule has 5 heteroatoms. The van der Waals surface area contributed by atoms with Crippen molar-refractivity contribution in [1.82, 2.24) is 10.1 Å². The second-order valence-electron chi connectivity index (χ2n) is 6.70. The van der Waals surface area contributed by atoms with Gasteiger partial charge in [0.15, 0.2) is 5.82 Å². The SMILES string of the molecule is Cc1onc(NC(=O)N2CC3(CC=CC3)C2C(C)C)c1C. The number of hydrogen-bond donors (Lipinski definition) is 1. The summed E-state index contributed by atoms with van der Waals surface area (Å²) in [6.07, 6.45) is 6.66. The summed E-state index contributed by atoms with van der Waals surface area (Å²) in [5.74, 6) is 1.72. The molecule has 1 aliphatic carbocycles. The Balaban J connectivity index is 1.72. The summed E-state index contributed by atoms with van der Waals surface area (Å²) in [5, 5.41) is 6.79. The van der Waals surface area contributed by atoms with Crippen LogP contribution in [-0.2, 0) is 0 Å². The number of aryl methyl sites for hydroxylation is 1. The van der Waals surface area contributed by atoms with Crippen molar-refractivity contribution < 1.29 is 9.32 Å². The lowest BCUT2D eigenvalue weighted by Gasteiger charge is -2.58. The molecule has 5 nitrogen and oxygen atoms in total. The Morgan fingerprint density at radius 3 is 2.62 bits per heavy atom. The van der Waals surface area contributed by atoms with Gasteiger partial charge in [0.25, 0.3) is 0 Å². The number of carbonyl (C=O) groups is 1. The minimum Gasteiger partial charge on any atom is -0.359 e. The maximum atomic E-state index is 12.5. The van der Waals surface area contributed by atoms with Gasteiger partial charge in [-0.2, -0.15) is 0 Å². The van der Waals surface area contributed by atoms with E-state index in [1.54, 1.807) is 0 Å². The van der Waals surface area contributed by atoms with E-state index in [1.807, 2.05) is 18.7 Å². The Labute approximate surface area is 125 Å². The van der Waals surface area contributed by atoms with Crippen LogP contribution in [0.1, 0.15) is 38.0 Å². The highest BCUT2D eigenvalue weighted by molar-refractivity contribution is 5.90. The number of carbonyl (C=O) groups excluding carboxylic acids is 1. The lowest BCUT2D eigenvalue weighted by molar-refractivity contribution is -0.0538. The summed E-state index contributed by atoms with van der Waals surface area (Å²) >= 11 is 0. The van der Waals surface area contributed by atoms with Gasteiger partial charge in [0.05, 0.1) is 0 Å². The molecule has 21 heavy (non-hydrogen) atoms. The fourth-order valence-electron chi connectivity index (χ4n) is 3.81. The van der Waals surface area contributed by atoms with Crippen LogP contribution in [0.15, 0.2) is 16.7 Å². The van der Waals surface area contributed by atoms with Gasteiger partial charge in [0.1, 0.15) is 5.76 Å². The first-order valence-corrected chi connectivity index (χ1v) is 7.60. The van der Waals surface area contributed by atoms with Crippen molar-refractivity contribution >= 4 is 11.8 Å². The Kier molecular flexibility index (Phi) is 3.30. The predicted octanol–water partition coefficient (Wildman–Crippen LogP) is 3.50. The summed E-state index contributed by atoms with van der Waals surface area (Å²) in [6, 6.07) is 0.225. The standard InChI is InChI=1S/C16H23N3O2/c1-10(2)13-16(7-5-6-8-16)9-19(13)15(20)17-14-11(3)12(4)21-18-14/h5-6,10,13H,7-9H2,1-4H3,(H,17,18,20). The van der Waals surface area contributed by atoms with E-state index in [0.29, 0.717) is 17.8 Å². The second kappa shape index (κ2) is 4.90. The minimum atomic E-state index is -0.0670. The van der Waals surface area contributed by atoms with E-state index in [-0.39, 0.29) is 11.4 Å². The summed E-state index contributed by atoms with van der Waals surface area (Å²) in [5.41, 5.74) is 1.16. The molecule has 1 atom stereocenters. The first-order valence-electron chi connectivity index (χ1n) is 7.60. The molecule has 1 aromatic rings. The topological polar surface area (TPSA) is 58.4 Å². The molecule has 3 rings (SSSR count). The first-order chi connectivity index (χ1) is 9.94. The number of anilines is 1. The van der Waals surface area contributed by atoms with Crippen LogP contribution in [0.4, 0.5) is 10.6 Å². The summed E-state index contributed by atoms with van der Waals surface area (Å²) in [7, 11) is 0.